The van der Waals surface area contributed by atoms with Gasteiger partial charge in [0.1, 0.15) is 0 Å². The van der Waals surface area contributed by atoms with E-state index in [1.807, 2.05) is 0 Å². The summed E-state index contributed by atoms with van der Waals surface area (Å²) in [5, 5.41) is 10.3. The molecule has 6 heteroatoms. The van der Waals surface area contributed by atoms with Crippen molar-refractivity contribution in [1.82, 2.24) is 0 Å². The summed E-state index contributed by atoms with van der Waals surface area (Å²) in [6.45, 7) is 10.3. The van der Waals surface area contributed by atoms with Crippen LogP contribution in [0, 0.1) is 0 Å². The molecule has 1 heterocycles. The molecular weight excluding hydrogens is 324 g/mol. The zero-order chi connectivity index (χ0) is 18.9. The Hall–Kier alpha value is -2.76. The minimum atomic E-state index is -0.789. The monoisotopic (exact) mass is 346 g/mol. The molecule has 0 fully saturated rings. The fourth-order valence-electron chi connectivity index (χ4n) is 2.60. The quantitative estimate of drug-likeness (QED) is 0.380. The van der Waals surface area contributed by atoms with Crippen LogP contribution in [0.1, 0.15) is 49.7 Å². The number of hydrogen-bond acceptors (Lipinski definition) is 6. The summed E-state index contributed by atoms with van der Waals surface area (Å²) in [6.07, 6.45) is 0.217. The van der Waals surface area contributed by atoms with Crippen LogP contribution in [0.25, 0.3) is 0 Å². The van der Waals surface area contributed by atoms with Crippen molar-refractivity contribution < 1.29 is 28.9 Å². The highest BCUT2D eigenvalue weighted by Crippen LogP contribution is 2.51. The Labute approximate surface area is 146 Å². The number of rotatable bonds is 5. The van der Waals surface area contributed by atoms with Gasteiger partial charge in [-0.05, 0) is 39.3 Å². The summed E-state index contributed by atoms with van der Waals surface area (Å²) in [4.78, 5) is 24.1. The van der Waals surface area contributed by atoms with Crippen molar-refractivity contribution in [3.63, 3.8) is 0 Å². The molecule has 0 saturated carbocycles. The molecule has 0 unspecified atom stereocenters. The number of esters is 1. The summed E-state index contributed by atoms with van der Waals surface area (Å²) < 4.78 is 16.7. The van der Waals surface area contributed by atoms with Crippen LogP contribution in [0.2, 0.25) is 0 Å². The minimum Gasteiger partial charge on any atom is -0.504 e. The Balaban J connectivity index is 2.61. The van der Waals surface area contributed by atoms with E-state index in [-0.39, 0.29) is 28.6 Å². The first-order chi connectivity index (χ1) is 11.7. The standard InChI is InChI=1S/C19H22O6/c1-7-10(4)19(22)25-16-13-8-12(11(5)20)14(21)18(23-6)17(13)24-15(16)9(2)3/h7-8,15-16,21H,2H2,1,3-6H3/b10-7-/t15-,16+/m1/s1. The summed E-state index contributed by atoms with van der Waals surface area (Å²) in [5.41, 5.74) is 1.62. The Kier molecular flexibility index (Phi) is 5.21. The molecule has 1 aliphatic heterocycles. The second kappa shape index (κ2) is 7.01. The second-order valence-corrected chi connectivity index (χ2v) is 5.96. The van der Waals surface area contributed by atoms with E-state index < -0.39 is 18.2 Å². The summed E-state index contributed by atoms with van der Waals surface area (Å²) >= 11 is 0. The van der Waals surface area contributed by atoms with E-state index in [1.165, 1.54) is 20.1 Å². The van der Waals surface area contributed by atoms with Crippen molar-refractivity contribution in [3.8, 4) is 17.2 Å². The molecular formula is C19H22O6. The average Bonchev–Trinajstić information content (AvgIpc) is 2.91. The lowest BCUT2D eigenvalue weighted by Gasteiger charge is -2.19. The van der Waals surface area contributed by atoms with Crippen molar-refractivity contribution in [2.75, 3.05) is 7.11 Å². The third-order valence-electron chi connectivity index (χ3n) is 4.12. The van der Waals surface area contributed by atoms with Crippen LogP contribution in [-0.2, 0) is 9.53 Å². The molecule has 0 saturated heterocycles. The van der Waals surface area contributed by atoms with Crippen molar-refractivity contribution in [3.05, 3.63) is 41.0 Å². The Morgan fingerprint density at radius 3 is 2.44 bits per heavy atom. The molecule has 0 aromatic heterocycles. The molecule has 25 heavy (non-hydrogen) atoms. The lowest BCUT2D eigenvalue weighted by Crippen LogP contribution is -2.24. The number of hydrogen-bond donors (Lipinski definition) is 1. The van der Waals surface area contributed by atoms with Crippen molar-refractivity contribution in [1.29, 1.82) is 0 Å². The highest BCUT2D eigenvalue weighted by molar-refractivity contribution is 5.98. The molecule has 1 N–H and O–H groups in total. The van der Waals surface area contributed by atoms with Gasteiger partial charge in [-0.25, -0.2) is 4.79 Å². The third-order valence-corrected chi connectivity index (χ3v) is 4.12. The maximum Gasteiger partial charge on any atom is 0.334 e. The number of fused-ring (bicyclic) bond motifs is 1. The molecule has 2 rings (SSSR count). The predicted octanol–water partition coefficient (Wildman–Crippen LogP) is 3.49. The van der Waals surface area contributed by atoms with Gasteiger partial charge in [-0.1, -0.05) is 12.7 Å². The summed E-state index contributed by atoms with van der Waals surface area (Å²) in [6, 6.07) is 1.47. The van der Waals surface area contributed by atoms with E-state index in [0.717, 1.165) is 0 Å². The first kappa shape index (κ1) is 18.6. The van der Waals surface area contributed by atoms with Gasteiger partial charge >= 0.3 is 5.97 Å². The topological polar surface area (TPSA) is 82.1 Å². The second-order valence-electron chi connectivity index (χ2n) is 5.96. The van der Waals surface area contributed by atoms with Gasteiger partial charge in [0.05, 0.1) is 12.7 Å². The van der Waals surface area contributed by atoms with Crippen molar-refractivity contribution >= 4 is 11.8 Å². The SMILES string of the molecule is C=C(C)[C@H]1Oc2c(cc(C(C)=O)c(O)c2OC)[C@@H]1OC(=O)/C(C)=C\C. The van der Waals surface area contributed by atoms with Gasteiger partial charge in [0.15, 0.2) is 29.5 Å². The van der Waals surface area contributed by atoms with Crippen LogP contribution in [0.3, 0.4) is 0 Å². The molecule has 6 nitrogen and oxygen atoms in total. The van der Waals surface area contributed by atoms with Crippen LogP contribution in [0.5, 0.6) is 17.2 Å². The fraction of sp³-hybridized carbons (Fsp3) is 0.368. The number of carbonyl (C=O) groups excluding carboxylic acids is 2. The fourth-order valence-corrected chi connectivity index (χ4v) is 2.60. The molecule has 0 bridgehead atoms. The molecule has 134 valence electrons. The average molecular weight is 346 g/mol. The van der Waals surface area contributed by atoms with Crippen LogP contribution in [-0.4, -0.2) is 30.1 Å². The summed E-state index contributed by atoms with van der Waals surface area (Å²) in [7, 11) is 1.36. The molecule has 2 atom stereocenters. The molecule has 0 spiro atoms. The van der Waals surface area contributed by atoms with Crippen LogP contribution in [0.15, 0.2) is 29.9 Å². The minimum absolute atomic E-state index is 0.0373. The molecule has 1 aliphatic rings. The number of methoxy groups -OCH3 is 1. The number of carbonyl (C=O) groups is 2. The van der Waals surface area contributed by atoms with E-state index in [1.54, 1.807) is 26.8 Å². The van der Waals surface area contributed by atoms with Gasteiger partial charge in [-0.2, -0.15) is 0 Å². The van der Waals surface area contributed by atoms with Crippen molar-refractivity contribution in [2.24, 2.45) is 0 Å². The van der Waals surface area contributed by atoms with E-state index in [0.29, 0.717) is 16.7 Å². The first-order valence-corrected chi connectivity index (χ1v) is 7.83. The highest BCUT2D eigenvalue weighted by Gasteiger charge is 2.42. The van der Waals surface area contributed by atoms with Gasteiger partial charge in [-0.3, -0.25) is 4.79 Å². The number of phenols is 1. The van der Waals surface area contributed by atoms with Crippen molar-refractivity contribution in [2.45, 2.75) is 39.9 Å². The van der Waals surface area contributed by atoms with Gasteiger partial charge in [-0.15, -0.1) is 0 Å². The van der Waals surface area contributed by atoms with Crippen LogP contribution < -0.4 is 9.47 Å². The molecule has 0 amide bonds. The maximum absolute atomic E-state index is 12.2. The zero-order valence-corrected chi connectivity index (χ0v) is 15.0. The van der Waals surface area contributed by atoms with Gasteiger partial charge in [0, 0.05) is 11.1 Å². The Bertz CT molecular complexity index is 775. The van der Waals surface area contributed by atoms with E-state index in [4.69, 9.17) is 14.2 Å². The maximum atomic E-state index is 12.2. The number of ether oxygens (including phenoxy) is 3. The number of allylic oxidation sites excluding steroid dienone is 1. The van der Waals surface area contributed by atoms with E-state index in [2.05, 4.69) is 6.58 Å². The smallest absolute Gasteiger partial charge is 0.334 e. The predicted molar refractivity (Wildman–Crippen MR) is 92.2 cm³/mol. The molecule has 1 aromatic carbocycles. The lowest BCUT2D eigenvalue weighted by molar-refractivity contribution is -0.146. The number of aromatic hydroxyl groups is 1. The number of phenolic OH excluding ortho intramolecular Hbond substituents is 1. The first-order valence-electron chi connectivity index (χ1n) is 7.83. The largest absolute Gasteiger partial charge is 0.504 e. The zero-order valence-electron chi connectivity index (χ0n) is 15.0. The normalized spacial score (nSPS) is 19.0. The highest BCUT2D eigenvalue weighted by atomic mass is 16.6. The van der Waals surface area contributed by atoms with Crippen LogP contribution >= 0.6 is 0 Å². The van der Waals surface area contributed by atoms with E-state index >= 15 is 0 Å². The van der Waals surface area contributed by atoms with Gasteiger partial charge in [0.25, 0.3) is 0 Å². The molecule has 0 radical (unpaired) electrons. The summed E-state index contributed by atoms with van der Waals surface area (Å²) in [5.74, 6) is -0.853. The van der Waals surface area contributed by atoms with Crippen LogP contribution in [0.4, 0.5) is 0 Å². The Morgan fingerprint density at radius 1 is 1.32 bits per heavy atom. The molecule has 0 aliphatic carbocycles. The van der Waals surface area contributed by atoms with E-state index in [9.17, 15) is 14.7 Å². The number of Topliss-reactive ketones (excluding diaryl/α,β-unsaturated/α-hetero) is 1. The lowest BCUT2D eigenvalue weighted by atomic mass is 9.98. The third kappa shape index (κ3) is 3.24. The van der Waals surface area contributed by atoms with Gasteiger partial charge in [0.2, 0.25) is 5.75 Å². The van der Waals surface area contributed by atoms with Gasteiger partial charge < -0.3 is 19.3 Å². The number of ketones is 1. The Morgan fingerprint density at radius 2 is 1.96 bits per heavy atom. The molecule has 1 aromatic rings. The number of benzene rings is 1.